The summed E-state index contributed by atoms with van der Waals surface area (Å²) in [6, 6.07) is 10.5. The molecule has 6 nitrogen and oxygen atoms in total. The Morgan fingerprint density at radius 2 is 1.79 bits per heavy atom. The summed E-state index contributed by atoms with van der Waals surface area (Å²) in [4.78, 5) is 20.5. The molecule has 1 aromatic heterocycles. The summed E-state index contributed by atoms with van der Waals surface area (Å²) in [6.07, 6.45) is 8.14. The Balaban J connectivity index is 0.00000336. The van der Waals surface area contributed by atoms with Crippen molar-refractivity contribution in [3.63, 3.8) is 0 Å². The third-order valence-electron chi connectivity index (χ3n) is 8.04. The number of fused-ring (bicyclic) bond motifs is 1. The van der Waals surface area contributed by atoms with E-state index < -0.39 is 0 Å². The maximum atomic E-state index is 13.3. The number of rotatable bonds is 9. The smallest absolute Gasteiger partial charge is 0.176 e. The van der Waals surface area contributed by atoms with E-state index in [1.54, 1.807) is 18.3 Å². The van der Waals surface area contributed by atoms with Crippen LogP contribution < -0.4 is 10.1 Å². The number of aromatic nitrogens is 1. The number of methoxy groups -OCH3 is 1. The Morgan fingerprint density at radius 3 is 2.42 bits per heavy atom. The number of nitrogens with one attached hydrogen (secondary N) is 1. The Labute approximate surface area is 231 Å². The highest BCUT2D eigenvalue weighted by Crippen LogP contribution is 2.41. The number of nitrogens with zero attached hydrogens (tertiary/aromatic N) is 2. The van der Waals surface area contributed by atoms with Gasteiger partial charge in [-0.3, -0.25) is 9.78 Å². The number of halogens is 1. The van der Waals surface area contributed by atoms with Crippen LogP contribution >= 0.6 is 11.6 Å². The van der Waals surface area contributed by atoms with Crippen molar-refractivity contribution < 1.29 is 14.6 Å². The van der Waals surface area contributed by atoms with Crippen molar-refractivity contribution in [2.75, 3.05) is 25.5 Å². The third kappa shape index (κ3) is 5.62. The van der Waals surface area contributed by atoms with Crippen LogP contribution in [0.5, 0.6) is 11.5 Å². The van der Waals surface area contributed by atoms with Gasteiger partial charge in [0.2, 0.25) is 0 Å². The molecule has 38 heavy (non-hydrogen) atoms. The minimum atomic E-state index is -0.0737. The molecule has 0 spiro atoms. The highest BCUT2D eigenvalue weighted by molar-refractivity contribution is 6.32. The van der Waals surface area contributed by atoms with E-state index in [1.165, 1.54) is 7.11 Å². The zero-order chi connectivity index (χ0) is 26.1. The number of Topliss-reactive ketones (excluding diaryl/α,β-unsaturated/α-hetero) is 1. The quantitative estimate of drug-likeness (QED) is 0.274. The lowest BCUT2D eigenvalue weighted by Crippen LogP contribution is -2.40. The Kier molecular flexibility index (Phi) is 8.84. The molecule has 3 aromatic rings. The van der Waals surface area contributed by atoms with Gasteiger partial charge < -0.3 is 20.1 Å². The van der Waals surface area contributed by atoms with Crippen LogP contribution in [0.15, 0.2) is 36.5 Å². The van der Waals surface area contributed by atoms with Gasteiger partial charge in [0.1, 0.15) is 0 Å². The van der Waals surface area contributed by atoms with Gasteiger partial charge in [-0.05, 0) is 87.0 Å². The van der Waals surface area contributed by atoms with Gasteiger partial charge >= 0.3 is 0 Å². The van der Waals surface area contributed by atoms with Gasteiger partial charge in [-0.15, -0.1) is 0 Å². The van der Waals surface area contributed by atoms with Crippen LogP contribution in [-0.4, -0.2) is 53.1 Å². The fraction of sp³-hybridized carbons (Fsp3) is 0.484. The first-order chi connectivity index (χ1) is 17.9. The number of ether oxygens (including phenoxy) is 1. The molecule has 2 fully saturated rings. The SMILES string of the molecule is C.CCN(CC)C1CCC(Nc2c(C(=O)C3CC3)cnc3ccc(-c4cc(Cl)c(O)c(OC)c4)cc23)CC1. The van der Waals surface area contributed by atoms with Crippen molar-refractivity contribution in [1.82, 2.24) is 9.88 Å². The molecule has 0 saturated heterocycles. The van der Waals surface area contributed by atoms with Crippen LogP contribution in [0.25, 0.3) is 22.0 Å². The summed E-state index contributed by atoms with van der Waals surface area (Å²) >= 11 is 6.29. The minimum absolute atomic E-state index is 0. The predicted octanol–water partition coefficient (Wildman–Crippen LogP) is 7.56. The molecule has 0 radical (unpaired) electrons. The average Bonchev–Trinajstić information content (AvgIpc) is 3.77. The van der Waals surface area contributed by atoms with E-state index in [9.17, 15) is 9.90 Å². The molecule has 204 valence electrons. The van der Waals surface area contributed by atoms with Crippen LogP contribution in [0.4, 0.5) is 5.69 Å². The van der Waals surface area contributed by atoms with Crippen molar-refractivity contribution in [2.45, 2.75) is 71.9 Å². The number of phenols is 1. The number of hydrogen-bond acceptors (Lipinski definition) is 6. The van der Waals surface area contributed by atoms with Gasteiger partial charge in [0, 0.05) is 29.6 Å². The molecule has 2 aliphatic rings. The molecule has 0 atom stereocenters. The molecule has 2 aliphatic carbocycles. The van der Waals surface area contributed by atoms with Crippen molar-refractivity contribution in [1.29, 1.82) is 0 Å². The molecule has 1 heterocycles. The number of anilines is 1. The zero-order valence-electron chi connectivity index (χ0n) is 21.9. The topological polar surface area (TPSA) is 74.7 Å². The number of benzene rings is 2. The maximum Gasteiger partial charge on any atom is 0.176 e. The Morgan fingerprint density at radius 1 is 1.08 bits per heavy atom. The van der Waals surface area contributed by atoms with E-state index in [0.29, 0.717) is 23.4 Å². The van der Waals surface area contributed by atoms with E-state index in [-0.39, 0.29) is 29.9 Å². The maximum absolute atomic E-state index is 13.3. The largest absolute Gasteiger partial charge is 0.503 e. The molecule has 7 heteroatoms. The molecule has 0 aliphatic heterocycles. The first kappa shape index (κ1) is 28.2. The molecule has 5 rings (SSSR count). The highest BCUT2D eigenvalue weighted by Gasteiger charge is 2.33. The molecule has 0 unspecified atom stereocenters. The normalized spacial score (nSPS) is 19.3. The van der Waals surface area contributed by atoms with E-state index in [2.05, 4.69) is 35.1 Å². The van der Waals surface area contributed by atoms with Gasteiger partial charge in [0.05, 0.1) is 28.9 Å². The zero-order valence-corrected chi connectivity index (χ0v) is 22.6. The summed E-state index contributed by atoms with van der Waals surface area (Å²) in [7, 11) is 1.51. The van der Waals surface area contributed by atoms with Crippen molar-refractivity contribution in [3.8, 4) is 22.6 Å². The lowest BCUT2D eigenvalue weighted by molar-refractivity contribution is 0.0968. The van der Waals surface area contributed by atoms with Gasteiger partial charge in [0.15, 0.2) is 17.3 Å². The van der Waals surface area contributed by atoms with E-state index in [0.717, 1.165) is 79.3 Å². The highest BCUT2D eigenvalue weighted by atomic mass is 35.5. The summed E-state index contributed by atoms with van der Waals surface area (Å²) in [6.45, 7) is 6.65. The van der Waals surface area contributed by atoms with E-state index >= 15 is 0 Å². The van der Waals surface area contributed by atoms with Crippen LogP contribution in [0.2, 0.25) is 5.02 Å². The summed E-state index contributed by atoms with van der Waals surface area (Å²) in [5.41, 5.74) is 4.17. The number of aromatic hydroxyl groups is 1. The number of hydrogen-bond donors (Lipinski definition) is 2. The molecule has 0 amide bonds. The standard InChI is InChI=1S/C30H36ClN3O3.CH4/c1-4-34(5-2)22-11-9-21(10-12-22)33-28-23-14-19(20-15-25(31)30(36)27(16-20)37-3)8-13-26(23)32-17-24(28)29(35)18-6-7-18;/h8,13-18,21-22,36H,4-7,9-12H2,1-3H3,(H,32,33);1H4. The van der Waals surface area contributed by atoms with Crippen molar-refractivity contribution >= 4 is 34.0 Å². The number of carbonyl (C=O) groups is 1. The van der Waals surface area contributed by atoms with Crippen molar-refractivity contribution in [3.05, 3.63) is 47.1 Å². The summed E-state index contributed by atoms with van der Waals surface area (Å²) < 4.78 is 5.32. The van der Waals surface area contributed by atoms with Gasteiger partial charge in [-0.2, -0.15) is 0 Å². The second-order valence-corrected chi connectivity index (χ2v) is 10.7. The fourth-order valence-electron chi connectivity index (χ4n) is 5.71. The number of ketones is 1. The Hall–Kier alpha value is -2.83. The van der Waals surface area contributed by atoms with Crippen LogP contribution in [0.1, 0.15) is 70.2 Å². The molecule has 0 bridgehead atoms. The van der Waals surface area contributed by atoms with Gasteiger partial charge in [0.25, 0.3) is 0 Å². The molecule has 2 N–H and O–H groups in total. The third-order valence-corrected chi connectivity index (χ3v) is 8.33. The second kappa shape index (κ2) is 11.9. The lowest BCUT2D eigenvalue weighted by Gasteiger charge is -2.36. The lowest BCUT2D eigenvalue weighted by atomic mass is 9.89. The fourth-order valence-corrected chi connectivity index (χ4v) is 5.92. The van der Waals surface area contributed by atoms with Crippen LogP contribution in [-0.2, 0) is 0 Å². The first-order valence-corrected chi connectivity index (χ1v) is 13.9. The monoisotopic (exact) mass is 537 g/mol. The van der Waals surface area contributed by atoms with Gasteiger partial charge in [-0.1, -0.05) is 38.9 Å². The minimum Gasteiger partial charge on any atom is -0.503 e. The van der Waals surface area contributed by atoms with Crippen molar-refractivity contribution in [2.24, 2.45) is 5.92 Å². The predicted molar refractivity (Wildman–Crippen MR) is 157 cm³/mol. The molecule has 2 aromatic carbocycles. The van der Waals surface area contributed by atoms with Crippen LogP contribution in [0.3, 0.4) is 0 Å². The number of pyridine rings is 1. The molecular formula is C31H40ClN3O3. The van der Waals surface area contributed by atoms with Crippen LogP contribution in [0, 0.1) is 5.92 Å². The van der Waals surface area contributed by atoms with E-state index in [4.69, 9.17) is 16.3 Å². The Bertz CT molecular complexity index is 1300. The average molecular weight is 538 g/mol. The molecule has 2 saturated carbocycles. The first-order valence-electron chi connectivity index (χ1n) is 13.5. The van der Waals surface area contributed by atoms with Gasteiger partial charge in [-0.25, -0.2) is 0 Å². The number of carbonyl (C=O) groups excluding carboxylic acids is 1. The second-order valence-electron chi connectivity index (χ2n) is 10.3. The molecular weight excluding hydrogens is 498 g/mol. The van der Waals surface area contributed by atoms with E-state index in [1.807, 2.05) is 12.1 Å². The summed E-state index contributed by atoms with van der Waals surface area (Å²) in [5.74, 6) is 0.548. The summed E-state index contributed by atoms with van der Waals surface area (Å²) in [5, 5.41) is 15.2. The number of phenolic OH excluding ortho intramolecular Hbond substituents is 1.